The molecule has 0 spiro atoms. The Bertz CT molecular complexity index is 3020. The Morgan fingerprint density at radius 2 is 0.847 bits per heavy atom. The molecular weight excluding hydrogens is 798 g/mol. The first-order valence-electron chi connectivity index (χ1n) is 19.6. The summed E-state index contributed by atoms with van der Waals surface area (Å²) in [5.41, 5.74) is 13.8. The molecule has 0 atom stereocenters. The summed E-state index contributed by atoms with van der Waals surface area (Å²) in [5.74, 6) is 2.83. The summed E-state index contributed by atoms with van der Waals surface area (Å²) in [6, 6.07) is 43.4. The number of imidazole rings is 2. The van der Waals surface area contributed by atoms with Gasteiger partial charge in [-0.3, -0.25) is 0 Å². The minimum atomic E-state index is 0.115. The maximum atomic E-state index is 6.49. The van der Waals surface area contributed by atoms with Crippen molar-refractivity contribution in [1.82, 2.24) is 19.1 Å². The van der Waals surface area contributed by atoms with Crippen molar-refractivity contribution in [3.05, 3.63) is 146 Å². The fraction of sp³-hybridized carbons (Fsp3) is 0.0417. The highest BCUT2D eigenvalue weighted by molar-refractivity contribution is 8.02. The van der Waals surface area contributed by atoms with Crippen molar-refractivity contribution < 1.29 is 4.42 Å². The predicted molar refractivity (Wildman–Crippen MR) is 246 cm³/mol. The van der Waals surface area contributed by atoms with E-state index in [9.17, 15) is 0 Å². The van der Waals surface area contributed by atoms with E-state index in [1.54, 1.807) is 0 Å². The van der Waals surface area contributed by atoms with Crippen molar-refractivity contribution in [3.63, 3.8) is 0 Å². The second kappa shape index (κ2) is 13.0. The van der Waals surface area contributed by atoms with Crippen LogP contribution >= 0.6 is 47.0 Å². The minimum absolute atomic E-state index is 0.115. The molecule has 0 fully saturated rings. The third kappa shape index (κ3) is 5.27. The van der Waals surface area contributed by atoms with Gasteiger partial charge in [-0.2, -0.15) is 0 Å². The molecule has 59 heavy (non-hydrogen) atoms. The van der Waals surface area contributed by atoms with Crippen LogP contribution in [0.5, 0.6) is 0 Å². The summed E-state index contributed by atoms with van der Waals surface area (Å²) in [6.07, 6.45) is 9.71. The summed E-state index contributed by atoms with van der Waals surface area (Å²) < 4.78 is 10.7. The molecule has 0 bridgehead atoms. The first-order chi connectivity index (χ1) is 29.0. The number of nitrogens with zero attached hydrogens (tertiary/aromatic N) is 4. The number of rotatable bonds is 4. The molecule has 7 heterocycles. The van der Waals surface area contributed by atoms with E-state index in [1.165, 1.54) is 71.9 Å². The Labute approximate surface area is 359 Å². The Morgan fingerprint density at radius 1 is 0.441 bits per heavy atom. The van der Waals surface area contributed by atoms with Gasteiger partial charge in [0, 0.05) is 100 Å². The van der Waals surface area contributed by atoms with E-state index in [-0.39, 0.29) is 13.4 Å². The Kier molecular flexibility index (Phi) is 7.60. The number of hydrogen-bond acceptors (Lipinski definition) is 7. The van der Waals surface area contributed by atoms with Crippen LogP contribution in [-0.4, -0.2) is 32.5 Å². The summed E-state index contributed by atoms with van der Waals surface area (Å²) in [5, 5.41) is 0. The van der Waals surface area contributed by atoms with Gasteiger partial charge in [0.15, 0.2) is 0 Å². The van der Waals surface area contributed by atoms with E-state index in [4.69, 9.17) is 14.4 Å². The molecule has 13 rings (SSSR count). The van der Waals surface area contributed by atoms with Crippen molar-refractivity contribution in [1.29, 1.82) is 0 Å². The van der Waals surface area contributed by atoms with E-state index < -0.39 is 0 Å². The third-order valence-corrected chi connectivity index (χ3v) is 16.8. The zero-order valence-corrected chi connectivity index (χ0v) is 35.1. The fourth-order valence-electron chi connectivity index (χ4n) is 9.41. The average molecular weight is 829 g/mol. The highest BCUT2D eigenvalue weighted by Gasteiger charge is 2.40. The monoisotopic (exact) mass is 828 g/mol. The second-order valence-electron chi connectivity index (χ2n) is 15.5. The molecule has 0 N–H and O–H groups in total. The molecule has 0 radical (unpaired) electrons. The lowest BCUT2D eigenvalue weighted by molar-refractivity contribution is 0.583. The number of benzene rings is 6. The molecule has 4 aliphatic heterocycles. The summed E-state index contributed by atoms with van der Waals surface area (Å²) >= 11 is 7.53. The Balaban J connectivity index is 0.897. The number of aryl methyl sites for hydroxylation is 2. The smallest absolute Gasteiger partial charge is 0.247 e. The molecule has 6 aromatic carbocycles. The largest absolute Gasteiger partial charge is 0.464 e. The number of furan rings is 1. The Hall–Kier alpha value is -5.45. The van der Waals surface area contributed by atoms with Gasteiger partial charge in [0.25, 0.3) is 0 Å². The highest BCUT2D eigenvalue weighted by Crippen LogP contribution is 2.42. The molecule has 9 aromatic rings. The summed E-state index contributed by atoms with van der Waals surface area (Å²) in [4.78, 5) is 19.9. The lowest BCUT2D eigenvalue weighted by Gasteiger charge is -2.33. The summed E-state index contributed by atoms with van der Waals surface area (Å²) in [7, 11) is 4.12. The normalized spacial score (nSPS) is 13.9. The van der Waals surface area contributed by atoms with Gasteiger partial charge in [-0.05, 0) is 71.1 Å². The lowest BCUT2D eigenvalue weighted by atomic mass is 9.36. The molecule has 0 saturated heterocycles. The van der Waals surface area contributed by atoms with E-state index in [0.29, 0.717) is 0 Å². The number of aromatic nitrogens is 4. The highest BCUT2D eigenvalue weighted by atomic mass is 32.2. The van der Waals surface area contributed by atoms with E-state index in [2.05, 4.69) is 138 Å². The van der Waals surface area contributed by atoms with Crippen LogP contribution in [0.3, 0.4) is 0 Å². The van der Waals surface area contributed by atoms with Crippen molar-refractivity contribution in [2.45, 2.75) is 39.2 Å². The quantitative estimate of drug-likeness (QED) is 0.166. The van der Waals surface area contributed by atoms with Crippen molar-refractivity contribution in [2.24, 2.45) is 14.1 Å². The molecule has 5 nitrogen and oxygen atoms in total. The first kappa shape index (κ1) is 34.4. The standard InChI is InChI=1S/C48H30B2N4OS4/c1-53-19-17-51-47(53)29-11-15-39-34(23-29)49-32-21-27(9-13-37(32)56-41-5-3-6-42(58-39)45(41)49)31-25-36(55-26-31)28-10-14-38-33(22-28)50-35-24-30(48-52-18-20-54(48)2)12-16-40(35)59-44-8-4-7-43(57-38)46(44)50/h3-26H,1-2H3. The molecule has 0 saturated carbocycles. The van der Waals surface area contributed by atoms with Crippen LogP contribution < -0.4 is 32.8 Å². The molecule has 3 aromatic heterocycles. The van der Waals surface area contributed by atoms with Crippen molar-refractivity contribution in [2.75, 3.05) is 0 Å². The van der Waals surface area contributed by atoms with Crippen LogP contribution in [0.4, 0.5) is 0 Å². The minimum Gasteiger partial charge on any atom is -0.464 e. The van der Waals surface area contributed by atoms with Crippen LogP contribution in [0.15, 0.2) is 190 Å². The van der Waals surface area contributed by atoms with Crippen LogP contribution in [0.25, 0.3) is 45.2 Å². The third-order valence-electron chi connectivity index (χ3n) is 12.2. The van der Waals surface area contributed by atoms with Crippen LogP contribution in [-0.2, 0) is 14.1 Å². The van der Waals surface area contributed by atoms with Gasteiger partial charge < -0.3 is 13.6 Å². The molecule has 0 unspecified atom stereocenters. The van der Waals surface area contributed by atoms with Crippen LogP contribution in [0, 0.1) is 0 Å². The SMILES string of the molecule is Cn1ccnc1-c1ccc2c(c1)B1c3cc(-c4coc(-c5ccc6c(c5)B5c7cc(-c8nccn8C)ccc7Sc7cccc(c75)S6)c4)ccc3Sc3cccc(c31)S2. The van der Waals surface area contributed by atoms with Crippen LogP contribution in [0.1, 0.15) is 0 Å². The van der Waals surface area contributed by atoms with Crippen LogP contribution in [0.2, 0.25) is 0 Å². The van der Waals surface area contributed by atoms with Crippen molar-refractivity contribution >= 4 is 93.2 Å². The van der Waals surface area contributed by atoms with Gasteiger partial charge in [0.1, 0.15) is 17.4 Å². The molecule has 11 heteroatoms. The van der Waals surface area contributed by atoms with E-state index in [0.717, 1.165) is 45.2 Å². The molecule has 4 aliphatic rings. The average Bonchev–Trinajstić information content (AvgIpc) is 4.05. The van der Waals surface area contributed by atoms with Gasteiger partial charge in [-0.25, -0.2) is 9.97 Å². The molecule has 0 aliphatic carbocycles. The van der Waals surface area contributed by atoms with Gasteiger partial charge in [0.05, 0.1) is 6.26 Å². The number of fused-ring (bicyclic) bond motifs is 8. The lowest BCUT2D eigenvalue weighted by Crippen LogP contribution is -2.58. The van der Waals surface area contributed by atoms with Gasteiger partial charge in [-0.1, -0.05) is 130 Å². The fourth-order valence-corrected chi connectivity index (χ4v) is 14.1. The van der Waals surface area contributed by atoms with Gasteiger partial charge >= 0.3 is 0 Å². The second-order valence-corrected chi connectivity index (χ2v) is 19.9. The molecule has 0 amide bonds. The van der Waals surface area contributed by atoms with Crippen molar-refractivity contribution in [3.8, 4) is 45.2 Å². The molecular formula is C48H30B2N4OS4. The van der Waals surface area contributed by atoms with Gasteiger partial charge in [0.2, 0.25) is 13.4 Å². The zero-order chi connectivity index (χ0) is 38.9. The maximum absolute atomic E-state index is 6.49. The predicted octanol–water partition coefficient (Wildman–Crippen LogP) is 8.31. The first-order valence-corrected chi connectivity index (χ1v) is 22.9. The maximum Gasteiger partial charge on any atom is 0.247 e. The van der Waals surface area contributed by atoms with E-state index >= 15 is 0 Å². The number of hydrogen-bond donors (Lipinski definition) is 0. The molecule has 278 valence electrons. The van der Waals surface area contributed by atoms with Gasteiger partial charge in [-0.15, -0.1) is 0 Å². The van der Waals surface area contributed by atoms with E-state index in [1.807, 2.05) is 78.1 Å². The summed E-state index contributed by atoms with van der Waals surface area (Å²) in [6.45, 7) is 0.240. The Morgan fingerprint density at radius 3 is 1.29 bits per heavy atom. The zero-order valence-electron chi connectivity index (χ0n) is 31.8. The topological polar surface area (TPSA) is 48.8 Å².